The number of hydrogen-bond acceptors (Lipinski definition) is 16. The maximum Gasteiger partial charge on any atom is 0.337 e. The summed E-state index contributed by atoms with van der Waals surface area (Å²) >= 11 is 1.34. The minimum Gasteiger partial charge on any atom is -0.465 e. The molecule has 0 unspecified atom stereocenters. The van der Waals surface area contributed by atoms with E-state index in [1.54, 1.807) is 59.7 Å². The normalized spacial score (nSPS) is 25.1. The third-order valence-corrected chi connectivity index (χ3v) is 20.2. The van der Waals surface area contributed by atoms with Gasteiger partial charge in [-0.3, -0.25) is 52.7 Å². The number of thioether (sulfide) groups is 1. The predicted octanol–water partition coefficient (Wildman–Crippen LogP) is 4.99. The molecule has 0 aromatic heterocycles. The number of rotatable bonds is 24. The lowest BCUT2D eigenvalue weighted by atomic mass is 9.89. The molecule has 1 aromatic rings. The Balaban J connectivity index is 3.13. The summed E-state index contributed by atoms with van der Waals surface area (Å²) in [6, 6.07) is -7.30. The zero-order valence-corrected chi connectivity index (χ0v) is 66.0. The molecule has 0 aliphatic carbocycles. The van der Waals surface area contributed by atoms with E-state index in [2.05, 4.69) is 21.3 Å². The van der Waals surface area contributed by atoms with E-state index >= 15 is 28.8 Å². The van der Waals surface area contributed by atoms with Gasteiger partial charge in [0.15, 0.2) is 0 Å². The molecule has 13 atom stereocenters. The molecule has 6 N–H and O–H groups in total. The topological polar surface area (TPSA) is 325 Å². The van der Waals surface area contributed by atoms with Crippen molar-refractivity contribution in [2.24, 2.45) is 41.4 Å². The molecular weight excluding hydrogens is 1310 g/mol. The Morgan fingerprint density at radius 1 is 0.505 bits per heavy atom. The van der Waals surface area contributed by atoms with Crippen molar-refractivity contribution >= 4 is 82.7 Å². The van der Waals surface area contributed by atoms with E-state index in [0.29, 0.717) is 43.4 Å². The van der Waals surface area contributed by atoms with Gasteiger partial charge in [0.05, 0.1) is 18.8 Å². The van der Waals surface area contributed by atoms with Gasteiger partial charge in [0.2, 0.25) is 65.0 Å². The molecule has 0 radical (unpaired) electrons. The quantitative estimate of drug-likeness (QED) is 0.0587. The maximum atomic E-state index is 15.6. The first-order valence-electron chi connectivity index (χ1n) is 36.2. The maximum absolute atomic E-state index is 15.6. The van der Waals surface area contributed by atoms with Gasteiger partial charge < -0.3 is 70.5 Å². The van der Waals surface area contributed by atoms with E-state index in [1.807, 2.05) is 61.5 Å². The van der Waals surface area contributed by atoms with Crippen molar-refractivity contribution in [2.75, 3.05) is 74.6 Å². The molecule has 1 aromatic carbocycles. The first-order chi connectivity index (χ1) is 47.0. The first kappa shape index (κ1) is 90.2. The third kappa shape index (κ3) is 26.1. The fourth-order valence-electron chi connectivity index (χ4n) is 12.8. The highest BCUT2D eigenvalue weighted by Gasteiger charge is 2.46. The zero-order chi connectivity index (χ0) is 77.4. The molecule has 1 aliphatic rings. The second-order valence-electron chi connectivity index (χ2n) is 30.1. The number of unbranched alkanes of at least 4 members (excludes halogenated alkanes) is 1. The zero-order valence-electron chi connectivity index (χ0n) is 65.2. The van der Waals surface area contributed by atoms with Crippen LogP contribution in [-0.2, 0) is 63.9 Å². The first-order valence-corrected chi connectivity index (χ1v) is 37.3. The number of amides is 11. The number of hydrogen-bond donors (Lipinski definition) is 6. The number of ether oxygens (including phenoxy) is 1. The second-order valence-corrected chi connectivity index (χ2v) is 31.2. The molecule has 0 bridgehead atoms. The van der Waals surface area contributed by atoms with Crippen molar-refractivity contribution in [1.29, 1.82) is 0 Å². The highest BCUT2D eigenvalue weighted by Crippen LogP contribution is 2.27. The van der Waals surface area contributed by atoms with Crippen molar-refractivity contribution in [3.63, 3.8) is 0 Å². The van der Waals surface area contributed by atoms with E-state index in [4.69, 9.17) is 4.74 Å². The summed E-state index contributed by atoms with van der Waals surface area (Å²) in [6.45, 7) is 27.9. The van der Waals surface area contributed by atoms with Crippen LogP contribution < -0.4 is 21.3 Å². The number of aliphatic hydroxyl groups excluding tert-OH is 2. The van der Waals surface area contributed by atoms with Gasteiger partial charge in [-0.2, -0.15) is 11.8 Å². The van der Waals surface area contributed by atoms with E-state index in [0.717, 1.165) is 10.5 Å². The predicted molar refractivity (Wildman–Crippen MR) is 392 cm³/mol. The van der Waals surface area contributed by atoms with Gasteiger partial charge in [0.25, 0.3) is 0 Å². The van der Waals surface area contributed by atoms with Crippen molar-refractivity contribution < 1.29 is 72.5 Å². The Hall–Kier alpha value is -6.87. The van der Waals surface area contributed by atoms with Crippen molar-refractivity contribution in [3.8, 4) is 0 Å². The Morgan fingerprint density at radius 3 is 1.46 bits per heavy atom. The van der Waals surface area contributed by atoms with E-state index in [-0.39, 0.29) is 68.1 Å². The largest absolute Gasteiger partial charge is 0.465 e. The Labute approximate surface area is 607 Å². The van der Waals surface area contributed by atoms with Gasteiger partial charge in [0, 0.05) is 61.7 Å². The van der Waals surface area contributed by atoms with Gasteiger partial charge >= 0.3 is 5.97 Å². The summed E-state index contributed by atoms with van der Waals surface area (Å²) in [5.41, 5.74) is 1.16. The lowest BCUT2D eigenvalue weighted by molar-refractivity contribution is -0.157. The smallest absolute Gasteiger partial charge is 0.337 e. The SMILES string of the molecule is CC[C@@H]1NC(=O)[C@H]([C@H](O)[C@H](C)CCCc2cccc(C(=O)OC)c2)N(C)C(=O)[C@H](C(C)C)N(C)C(=O)[C@H](CC(C)C)N(C)C(=O)[C@H](CC(C)C)N(C)C(=O)[C@@H](C)NC(=O)[C@H](C)NC(=O)[C@H](CC(C)C)N(C)C(=O)[C@H](C(C)C)NC(=O)[C@H](CC(C)C)N(C)C(=O)[C@@H](CSCCCCO)N(C)C1=O. The Bertz CT molecular complexity index is 2930. The number of aliphatic hydroxyl groups is 2. The summed E-state index contributed by atoms with van der Waals surface area (Å²) in [5, 5.41) is 33.4. The highest BCUT2D eigenvalue weighted by molar-refractivity contribution is 7.99. The van der Waals surface area contributed by atoms with Gasteiger partial charge in [-0.05, 0) is 143 Å². The fourth-order valence-corrected chi connectivity index (χ4v) is 13.9. The van der Waals surface area contributed by atoms with E-state index in [1.165, 1.54) is 111 Å². The van der Waals surface area contributed by atoms with Crippen LogP contribution in [-0.4, -0.2) is 263 Å². The van der Waals surface area contributed by atoms with Crippen molar-refractivity contribution in [3.05, 3.63) is 35.4 Å². The lowest BCUT2D eigenvalue weighted by Crippen LogP contribution is -2.64. The van der Waals surface area contributed by atoms with Crippen LogP contribution in [0, 0.1) is 41.4 Å². The average Bonchev–Trinajstić information content (AvgIpc) is 0.821. The van der Waals surface area contributed by atoms with E-state index < -0.39 is 161 Å². The molecule has 2 rings (SSSR count). The molecule has 1 saturated heterocycles. The monoisotopic (exact) mass is 1440 g/mol. The minimum absolute atomic E-state index is 0.00925. The number of nitrogens with one attached hydrogen (secondary N) is 4. The average molecular weight is 1440 g/mol. The number of methoxy groups -OCH3 is 1. The van der Waals surface area contributed by atoms with Crippen LogP contribution in [0.25, 0.3) is 0 Å². The lowest BCUT2D eigenvalue weighted by Gasteiger charge is -2.41. The number of aryl methyl sites for hydroxylation is 1. The Morgan fingerprint density at radius 2 is 0.960 bits per heavy atom. The molecule has 574 valence electrons. The molecule has 26 nitrogen and oxygen atoms in total. The van der Waals surface area contributed by atoms with Gasteiger partial charge in [-0.1, -0.05) is 109 Å². The number of carbonyl (C=O) groups excluding carboxylic acids is 12. The third-order valence-electron chi connectivity index (χ3n) is 19.1. The van der Waals surface area contributed by atoms with Crippen LogP contribution in [0.15, 0.2) is 24.3 Å². The van der Waals surface area contributed by atoms with Gasteiger partial charge in [-0.15, -0.1) is 0 Å². The number of esters is 1. The molecule has 0 spiro atoms. The molecule has 27 heteroatoms. The van der Waals surface area contributed by atoms with Crippen LogP contribution in [0.1, 0.15) is 184 Å². The molecule has 0 saturated carbocycles. The molecule has 1 fully saturated rings. The summed E-state index contributed by atoms with van der Waals surface area (Å²) in [5.74, 6) is -10.4. The van der Waals surface area contributed by atoms with Crippen LogP contribution >= 0.6 is 11.8 Å². The minimum atomic E-state index is -1.72. The number of benzene rings is 1. The Kier molecular flexibility index (Phi) is 38.1. The molecule has 11 amide bonds. The van der Waals surface area contributed by atoms with Crippen LogP contribution in [0.3, 0.4) is 0 Å². The second kappa shape index (κ2) is 42.7. The van der Waals surface area contributed by atoms with Crippen molar-refractivity contribution in [2.45, 2.75) is 248 Å². The molecule has 1 aliphatic heterocycles. The number of carbonyl (C=O) groups is 12. The standard InChI is InChI=1S/C74H127N11O15S/c1-25-53-68(93)83(21)58(41-101-35-27-26-34-86)71(96)79(17)55(37-43(4)5)65(90)78-59(46(10)11)72(97)80(18)54(36-42(2)3)64(89)75-49(15)63(88)76-50(16)67(92)81(19)56(38-44(6)7)69(94)82(20)57(39-45(8)9)70(95)84(22)60(47(12)13)73(98)85(23)61(66(91)77-53)62(87)48(14)30-28-31-51-32-29-33-52(40-51)74(99)100-24/h29,32-33,40,42-50,53-62,86-87H,25-28,30-31,34-39,41H2,1-24H3,(H,75,89)(H,76,88)(H,77,91)(H,78,90)/t48-,49+,50-,53+,54+,55+,56+,57+,58-,59+,60+,61+,62-/m1/s1. The fraction of sp³-hybridized carbons (Fsp3) is 0.757. The van der Waals surface area contributed by atoms with Crippen molar-refractivity contribution in [1.82, 2.24) is 55.6 Å². The van der Waals surface area contributed by atoms with Gasteiger partial charge in [-0.25, -0.2) is 4.79 Å². The summed E-state index contributed by atoms with van der Waals surface area (Å²) < 4.78 is 4.93. The molecular formula is C74H127N11O15S. The number of likely N-dealkylation sites (N-methyl/N-ethyl adjacent to an activating group) is 7. The summed E-state index contributed by atoms with van der Waals surface area (Å²) in [6.07, 6.45) is 1.08. The molecule has 101 heavy (non-hydrogen) atoms. The van der Waals surface area contributed by atoms with Crippen LogP contribution in [0.2, 0.25) is 0 Å². The van der Waals surface area contributed by atoms with Gasteiger partial charge in [0.1, 0.15) is 66.5 Å². The van der Waals surface area contributed by atoms with Crippen LogP contribution in [0.5, 0.6) is 0 Å². The van der Waals surface area contributed by atoms with Crippen LogP contribution in [0.4, 0.5) is 0 Å². The molecule has 1 heterocycles. The van der Waals surface area contributed by atoms with E-state index in [9.17, 15) is 39.0 Å². The summed E-state index contributed by atoms with van der Waals surface area (Å²) in [4.78, 5) is 186. The highest BCUT2D eigenvalue weighted by atomic mass is 32.2. The number of nitrogens with zero attached hydrogens (tertiary/aromatic N) is 7. The summed E-state index contributed by atoms with van der Waals surface area (Å²) in [7, 11) is 11.2.